The van der Waals surface area contributed by atoms with Crippen LogP contribution in [0.5, 0.6) is 0 Å². The summed E-state index contributed by atoms with van der Waals surface area (Å²) in [5.74, 6) is 0.258. The highest BCUT2D eigenvalue weighted by atomic mass is 32.2. The molecular formula is C13H21NO2S2. The minimum Gasteiger partial charge on any atom is -0.313 e. The molecule has 0 bridgehead atoms. The van der Waals surface area contributed by atoms with Gasteiger partial charge in [-0.25, -0.2) is 8.42 Å². The van der Waals surface area contributed by atoms with Gasteiger partial charge in [-0.15, -0.1) is 11.8 Å². The van der Waals surface area contributed by atoms with Crippen molar-refractivity contribution in [2.75, 3.05) is 25.3 Å². The Labute approximate surface area is 114 Å². The maximum Gasteiger partial charge on any atom is 0.147 e. The Kier molecular flexibility index (Phi) is 6.18. The van der Waals surface area contributed by atoms with Crippen LogP contribution in [-0.4, -0.2) is 33.7 Å². The molecule has 1 atom stereocenters. The summed E-state index contributed by atoms with van der Waals surface area (Å²) in [5.41, 5.74) is 1.21. The van der Waals surface area contributed by atoms with Crippen LogP contribution in [0.4, 0.5) is 0 Å². The molecule has 3 nitrogen and oxygen atoms in total. The Hall–Kier alpha value is -0.520. The second-order valence-corrected chi connectivity index (χ2v) is 7.53. The first kappa shape index (κ1) is 15.5. The number of rotatable bonds is 7. The molecule has 0 saturated heterocycles. The van der Waals surface area contributed by atoms with Crippen molar-refractivity contribution in [3.63, 3.8) is 0 Å². The number of hydrogen-bond acceptors (Lipinski definition) is 4. The van der Waals surface area contributed by atoms with Gasteiger partial charge in [-0.2, -0.15) is 0 Å². The zero-order valence-corrected chi connectivity index (χ0v) is 12.8. The smallest absolute Gasteiger partial charge is 0.147 e. The summed E-state index contributed by atoms with van der Waals surface area (Å²) in [7, 11) is -0.942. The lowest BCUT2D eigenvalue weighted by atomic mass is 10.0. The van der Waals surface area contributed by atoms with Gasteiger partial charge in [0.1, 0.15) is 9.84 Å². The first-order valence-corrected chi connectivity index (χ1v) is 9.23. The van der Waals surface area contributed by atoms with E-state index in [2.05, 4.69) is 35.8 Å². The maximum atomic E-state index is 11.1. The molecule has 0 fully saturated rings. The van der Waals surface area contributed by atoms with E-state index in [0.29, 0.717) is 6.42 Å². The molecule has 0 saturated carbocycles. The molecule has 0 aromatic heterocycles. The summed E-state index contributed by atoms with van der Waals surface area (Å²) in [6, 6.07) is 8.63. The van der Waals surface area contributed by atoms with E-state index in [4.69, 9.17) is 0 Å². The van der Waals surface area contributed by atoms with E-state index < -0.39 is 9.84 Å². The minimum atomic E-state index is -2.85. The molecule has 0 radical (unpaired) electrons. The molecule has 5 heteroatoms. The summed E-state index contributed by atoms with van der Waals surface area (Å²) < 4.78 is 22.2. The van der Waals surface area contributed by atoms with Gasteiger partial charge in [-0.1, -0.05) is 12.1 Å². The second-order valence-electron chi connectivity index (χ2n) is 4.39. The van der Waals surface area contributed by atoms with Crippen molar-refractivity contribution in [3.05, 3.63) is 29.8 Å². The summed E-state index contributed by atoms with van der Waals surface area (Å²) in [6.07, 6.45) is 4.86. The van der Waals surface area contributed by atoms with Crippen molar-refractivity contribution in [1.82, 2.24) is 5.32 Å². The molecule has 0 aliphatic heterocycles. The summed E-state index contributed by atoms with van der Waals surface area (Å²) in [6.45, 7) is 0. The van der Waals surface area contributed by atoms with E-state index in [1.807, 2.05) is 7.05 Å². The molecule has 102 valence electrons. The largest absolute Gasteiger partial charge is 0.313 e. The van der Waals surface area contributed by atoms with E-state index in [1.54, 1.807) is 11.8 Å². The number of hydrogen-bond donors (Lipinski definition) is 1. The Morgan fingerprint density at radius 2 is 1.89 bits per heavy atom. The van der Waals surface area contributed by atoms with E-state index in [9.17, 15) is 8.42 Å². The first-order valence-electron chi connectivity index (χ1n) is 5.95. The second kappa shape index (κ2) is 7.16. The number of sulfone groups is 1. The highest BCUT2D eigenvalue weighted by Gasteiger charge is 2.10. The average Bonchev–Trinajstić information content (AvgIpc) is 2.34. The lowest BCUT2D eigenvalue weighted by Gasteiger charge is -2.16. The molecule has 1 rings (SSSR count). The fourth-order valence-corrected chi connectivity index (χ4v) is 2.96. The van der Waals surface area contributed by atoms with Gasteiger partial charge in [-0.05, 0) is 43.8 Å². The molecular weight excluding hydrogens is 266 g/mol. The van der Waals surface area contributed by atoms with Gasteiger partial charge in [0, 0.05) is 22.9 Å². The normalized spacial score (nSPS) is 13.5. The number of nitrogens with one attached hydrogen (secondary N) is 1. The predicted octanol–water partition coefficient (Wildman–Crippen LogP) is 2.49. The molecule has 0 aliphatic rings. The van der Waals surface area contributed by atoms with Gasteiger partial charge < -0.3 is 5.32 Å². The van der Waals surface area contributed by atoms with Crippen LogP contribution in [-0.2, 0) is 9.84 Å². The van der Waals surface area contributed by atoms with Crippen LogP contribution in [0, 0.1) is 0 Å². The molecule has 1 aromatic carbocycles. The third-order valence-electron chi connectivity index (χ3n) is 2.87. The summed E-state index contributed by atoms with van der Waals surface area (Å²) in [4.78, 5) is 1.24. The average molecular weight is 287 g/mol. The Bertz CT molecular complexity index is 454. The monoisotopic (exact) mass is 287 g/mol. The van der Waals surface area contributed by atoms with Gasteiger partial charge in [0.15, 0.2) is 0 Å². The lowest BCUT2D eigenvalue weighted by Crippen LogP contribution is -2.17. The van der Waals surface area contributed by atoms with E-state index in [1.165, 1.54) is 16.7 Å². The lowest BCUT2D eigenvalue weighted by molar-refractivity contribution is 0.536. The van der Waals surface area contributed by atoms with Crippen molar-refractivity contribution in [3.8, 4) is 0 Å². The molecule has 18 heavy (non-hydrogen) atoms. The van der Waals surface area contributed by atoms with Gasteiger partial charge in [0.25, 0.3) is 0 Å². The van der Waals surface area contributed by atoms with Gasteiger partial charge in [-0.3, -0.25) is 0 Å². The van der Waals surface area contributed by atoms with Crippen molar-refractivity contribution in [1.29, 1.82) is 0 Å². The molecule has 0 spiro atoms. The van der Waals surface area contributed by atoms with Crippen LogP contribution in [0.3, 0.4) is 0 Å². The van der Waals surface area contributed by atoms with Crippen LogP contribution in [0.2, 0.25) is 0 Å². The van der Waals surface area contributed by atoms with E-state index in [-0.39, 0.29) is 11.8 Å². The van der Waals surface area contributed by atoms with Gasteiger partial charge >= 0.3 is 0 Å². The molecule has 0 heterocycles. The number of benzene rings is 1. The Balaban J connectivity index is 2.59. The quantitative estimate of drug-likeness (QED) is 0.783. The standard InChI is InChI=1S/C13H21NO2S2/c1-14-13(5-4-10-18(3,15)16)11-6-8-12(17-2)9-7-11/h6-9,13-14H,4-5,10H2,1-3H3. The van der Waals surface area contributed by atoms with E-state index in [0.717, 1.165) is 6.42 Å². The van der Waals surface area contributed by atoms with Crippen LogP contribution >= 0.6 is 11.8 Å². The van der Waals surface area contributed by atoms with Crippen LogP contribution in [0.1, 0.15) is 24.4 Å². The third-order valence-corrected chi connectivity index (χ3v) is 4.65. The predicted molar refractivity (Wildman–Crippen MR) is 79.0 cm³/mol. The van der Waals surface area contributed by atoms with E-state index >= 15 is 0 Å². The summed E-state index contributed by atoms with van der Waals surface area (Å²) >= 11 is 1.72. The summed E-state index contributed by atoms with van der Waals surface area (Å²) in [5, 5.41) is 3.24. The SMILES string of the molecule is CNC(CCCS(C)(=O)=O)c1ccc(SC)cc1. The highest BCUT2D eigenvalue weighted by molar-refractivity contribution is 7.98. The maximum absolute atomic E-state index is 11.1. The Morgan fingerprint density at radius 1 is 1.28 bits per heavy atom. The fraction of sp³-hybridized carbons (Fsp3) is 0.538. The first-order chi connectivity index (χ1) is 8.46. The Morgan fingerprint density at radius 3 is 2.33 bits per heavy atom. The molecule has 0 amide bonds. The fourth-order valence-electron chi connectivity index (χ4n) is 1.86. The molecule has 1 unspecified atom stereocenters. The van der Waals surface area contributed by atoms with Gasteiger partial charge in [0.2, 0.25) is 0 Å². The van der Waals surface area contributed by atoms with Crippen LogP contribution in [0.15, 0.2) is 29.2 Å². The molecule has 1 aromatic rings. The topological polar surface area (TPSA) is 46.2 Å². The van der Waals surface area contributed by atoms with Crippen molar-refractivity contribution < 1.29 is 8.42 Å². The van der Waals surface area contributed by atoms with Crippen LogP contribution < -0.4 is 5.32 Å². The molecule has 0 aliphatic carbocycles. The zero-order valence-electron chi connectivity index (χ0n) is 11.1. The molecule has 1 N–H and O–H groups in total. The highest BCUT2D eigenvalue weighted by Crippen LogP contribution is 2.22. The van der Waals surface area contributed by atoms with Crippen molar-refractivity contribution in [2.45, 2.75) is 23.8 Å². The zero-order chi connectivity index (χ0) is 13.6. The van der Waals surface area contributed by atoms with Crippen molar-refractivity contribution >= 4 is 21.6 Å². The number of thioether (sulfide) groups is 1. The van der Waals surface area contributed by atoms with Crippen molar-refractivity contribution in [2.24, 2.45) is 0 Å². The minimum absolute atomic E-state index is 0.225. The third kappa shape index (κ3) is 5.42. The van der Waals surface area contributed by atoms with Crippen LogP contribution in [0.25, 0.3) is 0 Å². The van der Waals surface area contributed by atoms with Gasteiger partial charge in [0.05, 0.1) is 0 Å².